The minimum Gasteiger partial charge on any atom is -0.392 e. The highest BCUT2D eigenvalue weighted by molar-refractivity contribution is 5.47. The third-order valence-electron chi connectivity index (χ3n) is 2.65. The van der Waals surface area contributed by atoms with Crippen molar-refractivity contribution in [3.8, 4) is 0 Å². The Kier molecular flexibility index (Phi) is 5.19. The van der Waals surface area contributed by atoms with Gasteiger partial charge >= 0.3 is 0 Å². The molecule has 0 fully saturated rings. The molecule has 1 rings (SSSR count). The van der Waals surface area contributed by atoms with E-state index in [0.717, 1.165) is 18.7 Å². The van der Waals surface area contributed by atoms with Crippen LogP contribution in [0.15, 0.2) is 24.3 Å². The third kappa shape index (κ3) is 3.56. The summed E-state index contributed by atoms with van der Waals surface area (Å²) >= 11 is 0. The van der Waals surface area contributed by atoms with Crippen molar-refractivity contribution in [1.82, 2.24) is 0 Å². The maximum atomic E-state index is 8.95. The second kappa shape index (κ2) is 6.46. The number of aliphatic hydroxyl groups excluding tert-OH is 1. The molecule has 0 aromatic heterocycles. The summed E-state index contributed by atoms with van der Waals surface area (Å²) < 4.78 is 0. The average molecular weight is 207 g/mol. The molecule has 2 nitrogen and oxygen atoms in total. The van der Waals surface area contributed by atoms with Crippen molar-refractivity contribution < 1.29 is 5.11 Å². The number of nitrogens with zero attached hydrogens (tertiary/aromatic N) is 1. The Morgan fingerprint density at radius 1 is 1.13 bits per heavy atom. The van der Waals surface area contributed by atoms with E-state index in [4.69, 9.17) is 5.11 Å². The van der Waals surface area contributed by atoms with Gasteiger partial charge in [0.15, 0.2) is 0 Å². The largest absolute Gasteiger partial charge is 0.392 e. The Bertz CT molecular complexity index is 268. The van der Waals surface area contributed by atoms with Crippen LogP contribution >= 0.6 is 0 Å². The van der Waals surface area contributed by atoms with Crippen molar-refractivity contribution in [2.24, 2.45) is 0 Å². The summed E-state index contributed by atoms with van der Waals surface area (Å²) in [5, 5.41) is 8.95. The number of aliphatic hydroxyl groups is 1. The molecule has 84 valence electrons. The first-order valence-corrected chi connectivity index (χ1v) is 5.76. The van der Waals surface area contributed by atoms with Crippen LogP contribution in [0.5, 0.6) is 0 Å². The van der Waals surface area contributed by atoms with E-state index in [0.29, 0.717) is 0 Å². The molecule has 1 aromatic rings. The average Bonchev–Trinajstić information content (AvgIpc) is 2.31. The lowest BCUT2D eigenvalue weighted by molar-refractivity contribution is 0.282. The SMILES string of the molecule is CCCCN(CC)c1ccc(CO)cc1. The number of rotatable bonds is 6. The van der Waals surface area contributed by atoms with Gasteiger partial charge in [-0.2, -0.15) is 0 Å². The molecule has 0 aliphatic carbocycles. The van der Waals surface area contributed by atoms with Gasteiger partial charge in [-0.3, -0.25) is 0 Å². The predicted octanol–water partition coefficient (Wildman–Crippen LogP) is 2.81. The molecule has 0 aliphatic heterocycles. The Morgan fingerprint density at radius 3 is 2.27 bits per heavy atom. The smallest absolute Gasteiger partial charge is 0.0681 e. The van der Waals surface area contributed by atoms with E-state index in [1.165, 1.54) is 18.5 Å². The minimum atomic E-state index is 0.126. The molecule has 0 aliphatic rings. The van der Waals surface area contributed by atoms with Crippen LogP contribution in [0.2, 0.25) is 0 Å². The first-order valence-electron chi connectivity index (χ1n) is 5.76. The van der Waals surface area contributed by atoms with Gasteiger partial charge in [-0.15, -0.1) is 0 Å². The molecule has 0 spiro atoms. The molecule has 0 heterocycles. The van der Waals surface area contributed by atoms with Gasteiger partial charge < -0.3 is 10.0 Å². The summed E-state index contributed by atoms with van der Waals surface area (Å²) in [5.74, 6) is 0. The molecule has 0 bridgehead atoms. The highest BCUT2D eigenvalue weighted by Gasteiger charge is 2.02. The molecule has 1 N–H and O–H groups in total. The molecule has 1 aromatic carbocycles. The second-order valence-corrected chi connectivity index (χ2v) is 3.76. The van der Waals surface area contributed by atoms with Crippen LogP contribution in [0, 0.1) is 0 Å². The molecule has 0 saturated heterocycles. The van der Waals surface area contributed by atoms with Gasteiger partial charge in [0.25, 0.3) is 0 Å². The number of hydrogen-bond donors (Lipinski definition) is 1. The van der Waals surface area contributed by atoms with E-state index in [2.05, 4.69) is 30.9 Å². The molecule has 0 unspecified atom stereocenters. The van der Waals surface area contributed by atoms with E-state index in [-0.39, 0.29) is 6.61 Å². The van der Waals surface area contributed by atoms with Gasteiger partial charge in [-0.25, -0.2) is 0 Å². The van der Waals surface area contributed by atoms with E-state index < -0.39 is 0 Å². The van der Waals surface area contributed by atoms with Gasteiger partial charge in [0, 0.05) is 18.8 Å². The zero-order chi connectivity index (χ0) is 11.1. The van der Waals surface area contributed by atoms with E-state index >= 15 is 0 Å². The molecule has 0 radical (unpaired) electrons. The first kappa shape index (κ1) is 12.1. The van der Waals surface area contributed by atoms with E-state index in [1.807, 2.05) is 12.1 Å². The normalized spacial score (nSPS) is 10.3. The quantitative estimate of drug-likeness (QED) is 0.775. The van der Waals surface area contributed by atoms with Crippen molar-refractivity contribution in [2.75, 3.05) is 18.0 Å². The van der Waals surface area contributed by atoms with Crippen LogP contribution in [-0.4, -0.2) is 18.2 Å². The van der Waals surface area contributed by atoms with Crippen molar-refractivity contribution in [3.05, 3.63) is 29.8 Å². The van der Waals surface area contributed by atoms with Crippen molar-refractivity contribution in [3.63, 3.8) is 0 Å². The highest BCUT2D eigenvalue weighted by Crippen LogP contribution is 2.15. The number of unbranched alkanes of at least 4 members (excludes halogenated alkanes) is 1. The summed E-state index contributed by atoms with van der Waals surface area (Å²) in [6, 6.07) is 8.16. The van der Waals surface area contributed by atoms with Gasteiger partial charge in [0.2, 0.25) is 0 Å². The monoisotopic (exact) mass is 207 g/mol. The van der Waals surface area contributed by atoms with Gasteiger partial charge in [-0.1, -0.05) is 25.5 Å². The predicted molar refractivity (Wildman–Crippen MR) is 65.2 cm³/mol. The molecule has 0 atom stereocenters. The van der Waals surface area contributed by atoms with Crippen LogP contribution in [-0.2, 0) is 6.61 Å². The Hall–Kier alpha value is -1.02. The molecular weight excluding hydrogens is 186 g/mol. The molecule has 15 heavy (non-hydrogen) atoms. The van der Waals surface area contributed by atoms with Crippen molar-refractivity contribution in [2.45, 2.75) is 33.3 Å². The number of benzene rings is 1. The maximum Gasteiger partial charge on any atom is 0.0681 e. The fourth-order valence-corrected chi connectivity index (χ4v) is 1.63. The van der Waals surface area contributed by atoms with Gasteiger partial charge in [0.05, 0.1) is 6.61 Å². The van der Waals surface area contributed by atoms with E-state index in [9.17, 15) is 0 Å². The third-order valence-corrected chi connectivity index (χ3v) is 2.65. The van der Waals surface area contributed by atoms with Crippen LogP contribution < -0.4 is 4.90 Å². The summed E-state index contributed by atoms with van der Waals surface area (Å²) in [6.07, 6.45) is 2.46. The first-order chi connectivity index (χ1) is 7.31. The van der Waals surface area contributed by atoms with Crippen molar-refractivity contribution >= 4 is 5.69 Å². The highest BCUT2D eigenvalue weighted by atomic mass is 16.3. The van der Waals surface area contributed by atoms with Gasteiger partial charge in [-0.05, 0) is 31.0 Å². The second-order valence-electron chi connectivity index (χ2n) is 3.76. The van der Waals surface area contributed by atoms with E-state index in [1.54, 1.807) is 0 Å². The number of hydrogen-bond acceptors (Lipinski definition) is 2. The Balaban J connectivity index is 2.65. The zero-order valence-electron chi connectivity index (χ0n) is 9.74. The summed E-state index contributed by atoms with van der Waals surface area (Å²) in [4.78, 5) is 2.37. The fraction of sp³-hybridized carbons (Fsp3) is 0.538. The standard InChI is InChI=1S/C13H21NO/c1-3-5-10-14(4-2)13-8-6-12(11-15)7-9-13/h6-9,15H,3-5,10-11H2,1-2H3. The molecular formula is C13H21NO. The molecule has 2 heteroatoms. The number of anilines is 1. The minimum absolute atomic E-state index is 0.126. The molecule has 0 amide bonds. The summed E-state index contributed by atoms with van der Waals surface area (Å²) in [7, 11) is 0. The van der Waals surface area contributed by atoms with Crippen LogP contribution in [0.3, 0.4) is 0 Å². The van der Waals surface area contributed by atoms with Crippen LogP contribution in [0.25, 0.3) is 0 Å². The Morgan fingerprint density at radius 2 is 1.80 bits per heavy atom. The van der Waals surface area contributed by atoms with Crippen molar-refractivity contribution in [1.29, 1.82) is 0 Å². The van der Waals surface area contributed by atoms with Crippen LogP contribution in [0.1, 0.15) is 32.3 Å². The molecule has 0 saturated carbocycles. The topological polar surface area (TPSA) is 23.5 Å². The van der Waals surface area contributed by atoms with Crippen LogP contribution in [0.4, 0.5) is 5.69 Å². The van der Waals surface area contributed by atoms with Gasteiger partial charge in [0.1, 0.15) is 0 Å². The maximum absolute atomic E-state index is 8.95. The lowest BCUT2D eigenvalue weighted by Crippen LogP contribution is -2.23. The summed E-state index contributed by atoms with van der Waals surface area (Å²) in [5.41, 5.74) is 2.23. The zero-order valence-corrected chi connectivity index (χ0v) is 9.74. The fourth-order valence-electron chi connectivity index (χ4n) is 1.63. The Labute approximate surface area is 92.5 Å². The lowest BCUT2D eigenvalue weighted by Gasteiger charge is -2.23. The lowest BCUT2D eigenvalue weighted by atomic mass is 10.2. The summed E-state index contributed by atoms with van der Waals surface area (Å²) in [6.45, 7) is 6.67.